The molecule has 2 aliphatic rings. The molecule has 2 aliphatic heterocycles. The number of phenols is 1. The van der Waals surface area contributed by atoms with Gasteiger partial charge in [-0.2, -0.15) is 10.2 Å². The standard InChI is InChI=1S/C23H21N5O4S/c24-15-16-3-1-6-19(13-16)33(30,31)28-8-7-20-21(17-4-2-5-18(29)14-17)25-23(26-22(20)28)27-9-11-32-12-10-27/h1-6,13-14,29H,7-12H2. The predicted molar refractivity (Wildman–Crippen MR) is 122 cm³/mol. The second-order valence-corrected chi connectivity index (χ2v) is 9.65. The quantitative estimate of drug-likeness (QED) is 0.626. The van der Waals surface area contributed by atoms with Gasteiger partial charge in [-0.1, -0.05) is 18.2 Å². The number of sulfonamides is 1. The summed E-state index contributed by atoms with van der Waals surface area (Å²) in [5.41, 5.74) is 2.26. The molecule has 0 saturated carbocycles. The van der Waals surface area contributed by atoms with Crippen molar-refractivity contribution in [3.63, 3.8) is 0 Å². The van der Waals surface area contributed by atoms with E-state index in [2.05, 4.69) is 4.98 Å². The van der Waals surface area contributed by atoms with Crippen molar-refractivity contribution in [3.8, 4) is 23.1 Å². The van der Waals surface area contributed by atoms with Gasteiger partial charge in [-0.25, -0.2) is 17.7 Å². The highest BCUT2D eigenvalue weighted by atomic mass is 32.2. The highest BCUT2D eigenvalue weighted by molar-refractivity contribution is 7.92. The van der Waals surface area contributed by atoms with Crippen LogP contribution >= 0.6 is 0 Å². The van der Waals surface area contributed by atoms with Crippen molar-refractivity contribution in [1.82, 2.24) is 9.97 Å². The lowest BCUT2D eigenvalue weighted by atomic mass is 10.1. The average Bonchev–Trinajstić information content (AvgIpc) is 3.29. The van der Waals surface area contributed by atoms with E-state index >= 15 is 0 Å². The summed E-state index contributed by atoms with van der Waals surface area (Å²) < 4.78 is 33.8. The third kappa shape index (κ3) is 3.86. The highest BCUT2D eigenvalue weighted by Gasteiger charge is 2.36. The summed E-state index contributed by atoms with van der Waals surface area (Å²) in [5, 5.41) is 19.2. The van der Waals surface area contributed by atoms with Gasteiger partial charge in [0.05, 0.1) is 35.4 Å². The fraction of sp³-hybridized carbons (Fsp3) is 0.261. The van der Waals surface area contributed by atoms with E-state index in [0.29, 0.717) is 61.3 Å². The number of ether oxygens (including phenoxy) is 1. The molecule has 0 bridgehead atoms. The van der Waals surface area contributed by atoms with Gasteiger partial charge in [0.15, 0.2) is 5.82 Å². The van der Waals surface area contributed by atoms with E-state index in [1.807, 2.05) is 17.0 Å². The molecule has 0 spiro atoms. The van der Waals surface area contributed by atoms with Crippen LogP contribution in [0.2, 0.25) is 0 Å². The van der Waals surface area contributed by atoms with Crippen LogP contribution in [0.5, 0.6) is 5.75 Å². The minimum atomic E-state index is -3.94. The second-order valence-electron chi connectivity index (χ2n) is 7.79. The van der Waals surface area contributed by atoms with Crippen LogP contribution in [0.15, 0.2) is 53.4 Å². The molecule has 168 valence electrons. The third-order valence-electron chi connectivity index (χ3n) is 5.74. The maximum Gasteiger partial charge on any atom is 0.265 e. The predicted octanol–water partition coefficient (Wildman–Crippen LogP) is 2.31. The minimum absolute atomic E-state index is 0.0415. The first-order valence-corrected chi connectivity index (χ1v) is 12.0. The van der Waals surface area contributed by atoms with E-state index in [1.54, 1.807) is 30.3 Å². The normalized spacial score (nSPS) is 15.8. The Kier molecular flexibility index (Phi) is 5.36. The number of morpholine rings is 1. The molecule has 3 aromatic rings. The Bertz CT molecular complexity index is 1360. The summed E-state index contributed by atoms with van der Waals surface area (Å²) in [6.45, 7) is 2.46. The first-order chi connectivity index (χ1) is 16.0. The van der Waals surface area contributed by atoms with Gasteiger partial charge in [-0.05, 0) is 36.8 Å². The Morgan fingerprint density at radius 3 is 2.58 bits per heavy atom. The van der Waals surface area contributed by atoms with E-state index in [-0.39, 0.29) is 22.8 Å². The number of fused-ring (bicyclic) bond motifs is 1. The lowest BCUT2D eigenvalue weighted by molar-refractivity contribution is 0.122. The number of hydrogen-bond acceptors (Lipinski definition) is 8. The van der Waals surface area contributed by atoms with E-state index < -0.39 is 10.0 Å². The number of anilines is 2. The molecule has 1 aromatic heterocycles. The van der Waals surface area contributed by atoms with Gasteiger partial charge in [0.2, 0.25) is 5.95 Å². The number of hydrogen-bond donors (Lipinski definition) is 1. The molecule has 33 heavy (non-hydrogen) atoms. The topological polar surface area (TPSA) is 120 Å². The van der Waals surface area contributed by atoms with Crippen LogP contribution in [0.25, 0.3) is 11.3 Å². The van der Waals surface area contributed by atoms with Crippen molar-refractivity contribution in [2.75, 3.05) is 42.1 Å². The van der Waals surface area contributed by atoms with Crippen LogP contribution in [-0.2, 0) is 21.2 Å². The van der Waals surface area contributed by atoms with Gasteiger partial charge in [-0.15, -0.1) is 0 Å². The summed E-state index contributed by atoms with van der Waals surface area (Å²) in [6.07, 6.45) is 0.431. The lowest BCUT2D eigenvalue weighted by Crippen LogP contribution is -2.38. The molecule has 0 aliphatic carbocycles. The lowest BCUT2D eigenvalue weighted by Gasteiger charge is -2.28. The molecule has 1 N–H and O–H groups in total. The molecule has 1 saturated heterocycles. The van der Waals surface area contributed by atoms with Crippen molar-refractivity contribution in [2.24, 2.45) is 0 Å². The van der Waals surface area contributed by atoms with Crippen LogP contribution in [0.1, 0.15) is 11.1 Å². The third-order valence-corrected chi connectivity index (χ3v) is 7.52. The minimum Gasteiger partial charge on any atom is -0.508 e. The summed E-state index contributed by atoms with van der Waals surface area (Å²) in [7, 11) is -3.94. The Morgan fingerprint density at radius 2 is 1.82 bits per heavy atom. The van der Waals surface area contributed by atoms with Crippen molar-refractivity contribution in [3.05, 3.63) is 59.7 Å². The molecule has 9 nitrogen and oxygen atoms in total. The molecule has 3 heterocycles. The molecule has 5 rings (SSSR count). The largest absolute Gasteiger partial charge is 0.508 e. The molecular formula is C23H21N5O4S. The molecule has 2 aromatic carbocycles. The van der Waals surface area contributed by atoms with Crippen molar-refractivity contribution >= 4 is 21.8 Å². The molecule has 0 amide bonds. The molecular weight excluding hydrogens is 442 g/mol. The van der Waals surface area contributed by atoms with Gasteiger partial charge in [-0.3, -0.25) is 0 Å². The Balaban J connectivity index is 1.66. The van der Waals surface area contributed by atoms with Crippen molar-refractivity contribution < 1.29 is 18.3 Å². The zero-order valence-corrected chi connectivity index (χ0v) is 18.5. The van der Waals surface area contributed by atoms with Gasteiger partial charge >= 0.3 is 0 Å². The smallest absolute Gasteiger partial charge is 0.265 e. The summed E-state index contributed by atoms with van der Waals surface area (Å²) >= 11 is 0. The van der Waals surface area contributed by atoms with Crippen LogP contribution in [0.4, 0.5) is 11.8 Å². The molecule has 1 fully saturated rings. The van der Waals surface area contributed by atoms with E-state index in [0.717, 1.165) is 0 Å². The summed E-state index contributed by atoms with van der Waals surface area (Å²) in [6, 6.07) is 14.7. The Morgan fingerprint density at radius 1 is 1.03 bits per heavy atom. The number of aromatic hydroxyl groups is 1. The number of phenolic OH excluding ortho intramolecular Hbond substituents is 1. The summed E-state index contributed by atoms with van der Waals surface area (Å²) in [4.78, 5) is 11.5. The molecule has 0 atom stereocenters. The van der Waals surface area contributed by atoms with Crippen molar-refractivity contribution in [1.29, 1.82) is 5.26 Å². The number of aromatic nitrogens is 2. The van der Waals surface area contributed by atoms with E-state index in [1.165, 1.54) is 16.4 Å². The number of nitriles is 1. The maximum atomic E-state index is 13.5. The second kappa shape index (κ2) is 8.35. The first-order valence-electron chi connectivity index (χ1n) is 10.5. The number of rotatable bonds is 4. The van der Waals surface area contributed by atoms with E-state index in [9.17, 15) is 18.8 Å². The Labute approximate surface area is 191 Å². The monoisotopic (exact) mass is 463 g/mol. The van der Waals surface area contributed by atoms with Gasteiger partial charge in [0, 0.05) is 30.8 Å². The van der Waals surface area contributed by atoms with Gasteiger partial charge in [0.1, 0.15) is 5.75 Å². The van der Waals surface area contributed by atoms with Gasteiger partial charge < -0.3 is 14.7 Å². The fourth-order valence-electron chi connectivity index (χ4n) is 4.10. The molecule has 10 heteroatoms. The zero-order valence-electron chi connectivity index (χ0n) is 17.7. The maximum absolute atomic E-state index is 13.5. The fourth-order valence-corrected chi connectivity index (χ4v) is 5.59. The highest BCUT2D eigenvalue weighted by Crippen LogP contribution is 2.39. The number of benzene rings is 2. The van der Waals surface area contributed by atoms with Gasteiger partial charge in [0.25, 0.3) is 10.0 Å². The number of nitrogens with zero attached hydrogens (tertiary/aromatic N) is 5. The van der Waals surface area contributed by atoms with E-state index in [4.69, 9.17) is 9.72 Å². The van der Waals surface area contributed by atoms with Crippen LogP contribution in [-0.4, -0.2) is 56.3 Å². The van der Waals surface area contributed by atoms with Crippen LogP contribution in [0, 0.1) is 11.3 Å². The van der Waals surface area contributed by atoms with Crippen LogP contribution in [0.3, 0.4) is 0 Å². The SMILES string of the molecule is N#Cc1cccc(S(=O)(=O)N2CCc3c(-c4cccc(O)c4)nc(N4CCOCC4)nc32)c1. The zero-order chi connectivity index (χ0) is 23.0. The molecule has 0 unspecified atom stereocenters. The van der Waals surface area contributed by atoms with Crippen LogP contribution < -0.4 is 9.21 Å². The first kappa shape index (κ1) is 21.2. The molecule has 0 radical (unpaired) electrons. The Hall–Kier alpha value is -3.68. The van der Waals surface area contributed by atoms with Crippen molar-refractivity contribution in [2.45, 2.75) is 11.3 Å². The average molecular weight is 464 g/mol. The summed E-state index contributed by atoms with van der Waals surface area (Å²) in [5.74, 6) is 0.846.